The van der Waals surface area contributed by atoms with E-state index in [0.29, 0.717) is 6.04 Å². The van der Waals surface area contributed by atoms with Crippen molar-refractivity contribution in [1.29, 1.82) is 0 Å². The minimum Gasteiger partial charge on any atom is -0.377 e. The number of halogens is 1. The lowest BCUT2D eigenvalue weighted by atomic mass is 10.1. The molecule has 1 N–H and O–H groups in total. The van der Waals surface area contributed by atoms with Crippen LogP contribution in [-0.4, -0.2) is 4.98 Å². The maximum absolute atomic E-state index is 4.43. The van der Waals surface area contributed by atoms with Crippen molar-refractivity contribution in [3.63, 3.8) is 0 Å². The van der Waals surface area contributed by atoms with Crippen molar-refractivity contribution in [2.75, 3.05) is 5.32 Å². The summed E-state index contributed by atoms with van der Waals surface area (Å²) < 4.78 is 0.886. The minimum atomic E-state index is 0.419. The number of anilines is 1. The number of nitrogens with one attached hydrogen (secondary N) is 1. The maximum atomic E-state index is 4.43. The first-order valence-corrected chi connectivity index (χ1v) is 7.01. The SMILES string of the molecule is Cc1nc(Br)ccc1NC1CCc2ccccc21. The summed E-state index contributed by atoms with van der Waals surface area (Å²) in [5.74, 6) is 0. The van der Waals surface area contributed by atoms with Crippen LogP contribution in [0.4, 0.5) is 5.69 Å². The Morgan fingerprint density at radius 1 is 1.22 bits per heavy atom. The molecular weight excluding hydrogens is 288 g/mol. The average Bonchev–Trinajstić information content (AvgIpc) is 2.76. The fraction of sp³-hybridized carbons (Fsp3) is 0.267. The van der Waals surface area contributed by atoms with Crippen LogP contribution in [0.3, 0.4) is 0 Å². The van der Waals surface area contributed by atoms with Gasteiger partial charge in [-0.15, -0.1) is 0 Å². The van der Waals surface area contributed by atoms with Crippen molar-refractivity contribution in [3.8, 4) is 0 Å². The van der Waals surface area contributed by atoms with E-state index in [4.69, 9.17) is 0 Å². The molecule has 18 heavy (non-hydrogen) atoms. The summed E-state index contributed by atoms with van der Waals surface area (Å²) in [6, 6.07) is 13.2. The molecule has 92 valence electrons. The van der Waals surface area contributed by atoms with E-state index in [0.717, 1.165) is 28.8 Å². The van der Waals surface area contributed by atoms with Gasteiger partial charge < -0.3 is 5.32 Å². The van der Waals surface area contributed by atoms with Gasteiger partial charge in [0.25, 0.3) is 0 Å². The molecule has 0 amide bonds. The Morgan fingerprint density at radius 3 is 2.89 bits per heavy atom. The number of aryl methyl sites for hydroxylation is 2. The number of rotatable bonds is 2. The van der Waals surface area contributed by atoms with Gasteiger partial charge in [0.1, 0.15) is 4.60 Å². The molecule has 0 aliphatic heterocycles. The van der Waals surface area contributed by atoms with E-state index in [1.807, 2.05) is 13.0 Å². The molecule has 1 aromatic heterocycles. The first-order valence-electron chi connectivity index (χ1n) is 6.21. The van der Waals surface area contributed by atoms with Gasteiger partial charge in [-0.05, 0) is 59.0 Å². The van der Waals surface area contributed by atoms with Crippen molar-refractivity contribution in [2.24, 2.45) is 0 Å². The van der Waals surface area contributed by atoms with Crippen LogP contribution >= 0.6 is 15.9 Å². The van der Waals surface area contributed by atoms with E-state index in [1.54, 1.807) is 0 Å². The molecular formula is C15H15BrN2. The molecule has 1 aromatic carbocycles. The van der Waals surface area contributed by atoms with E-state index < -0.39 is 0 Å². The van der Waals surface area contributed by atoms with Crippen molar-refractivity contribution in [1.82, 2.24) is 4.98 Å². The molecule has 0 saturated heterocycles. The Labute approximate surface area is 116 Å². The fourth-order valence-electron chi connectivity index (χ4n) is 2.58. The highest BCUT2D eigenvalue weighted by Crippen LogP contribution is 2.34. The van der Waals surface area contributed by atoms with Gasteiger partial charge in [0.15, 0.2) is 0 Å². The van der Waals surface area contributed by atoms with Gasteiger partial charge in [0.05, 0.1) is 17.4 Å². The zero-order chi connectivity index (χ0) is 12.5. The molecule has 1 aliphatic rings. The van der Waals surface area contributed by atoms with E-state index in [-0.39, 0.29) is 0 Å². The Kier molecular flexibility index (Phi) is 3.08. The van der Waals surface area contributed by atoms with E-state index >= 15 is 0 Å². The van der Waals surface area contributed by atoms with Crippen LogP contribution in [0.2, 0.25) is 0 Å². The van der Waals surface area contributed by atoms with Gasteiger partial charge in [-0.25, -0.2) is 4.98 Å². The molecule has 2 nitrogen and oxygen atoms in total. The highest BCUT2D eigenvalue weighted by Gasteiger charge is 2.21. The van der Waals surface area contributed by atoms with Gasteiger partial charge in [-0.2, -0.15) is 0 Å². The molecule has 3 rings (SSSR count). The summed E-state index contributed by atoms with van der Waals surface area (Å²) in [5, 5.41) is 3.61. The summed E-state index contributed by atoms with van der Waals surface area (Å²) in [7, 11) is 0. The van der Waals surface area contributed by atoms with Crippen LogP contribution in [0.1, 0.15) is 29.3 Å². The highest BCUT2D eigenvalue weighted by atomic mass is 79.9. The number of benzene rings is 1. The molecule has 1 unspecified atom stereocenters. The van der Waals surface area contributed by atoms with Crippen LogP contribution < -0.4 is 5.32 Å². The van der Waals surface area contributed by atoms with Gasteiger partial charge in [0, 0.05) is 0 Å². The number of aromatic nitrogens is 1. The third kappa shape index (κ3) is 2.15. The van der Waals surface area contributed by atoms with Gasteiger partial charge in [-0.1, -0.05) is 24.3 Å². The highest BCUT2D eigenvalue weighted by molar-refractivity contribution is 9.10. The second kappa shape index (κ2) is 4.73. The standard InChI is InChI=1S/C15H15BrN2/c1-10-13(8-9-15(16)17-10)18-14-7-6-11-4-2-3-5-12(11)14/h2-5,8-9,14,18H,6-7H2,1H3. The van der Waals surface area contributed by atoms with E-state index in [2.05, 4.69) is 56.6 Å². The Balaban J connectivity index is 1.86. The fourth-order valence-corrected chi connectivity index (χ4v) is 2.98. The van der Waals surface area contributed by atoms with Crippen molar-refractivity contribution >= 4 is 21.6 Å². The van der Waals surface area contributed by atoms with E-state index in [9.17, 15) is 0 Å². The summed E-state index contributed by atoms with van der Waals surface area (Å²) >= 11 is 3.40. The lowest BCUT2D eigenvalue weighted by molar-refractivity contribution is 0.760. The largest absolute Gasteiger partial charge is 0.377 e. The van der Waals surface area contributed by atoms with Crippen molar-refractivity contribution in [2.45, 2.75) is 25.8 Å². The number of pyridine rings is 1. The van der Waals surface area contributed by atoms with Crippen LogP contribution in [0.15, 0.2) is 41.0 Å². The number of fused-ring (bicyclic) bond motifs is 1. The Bertz CT molecular complexity index is 580. The lowest BCUT2D eigenvalue weighted by Gasteiger charge is -2.17. The average molecular weight is 303 g/mol. The molecule has 1 atom stereocenters. The van der Waals surface area contributed by atoms with Gasteiger partial charge in [-0.3, -0.25) is 0 Å². The molecule has 2 aromatic rings. The van der Waals surface area contributed by atoms with Gasteiger partial charge >= 0.3 is 0 Å². The predicted octanol–water partition coefficient (Wildman–Crippen LogP) is 4.25. The minimum absolute atomic E-state index is 0.419. The van der Waals surface area contributed by atoms with Crippen LogP contribution in [0.5, 0.6) is 0 Å². The van der Waals surface area contributed by atoms with Crippen molar-refractivity contribution < 1.29 is 0 Å². The summed E-state index contributed by atoms with van der Waals surface area (Å²) in [6.07, 6.45) is 2.33. The van der Waals surface area contributed by atoms with Crippen LogP contribution in [0, 0.1) is 6.92 Å². The number of nitrogens with zero attached hydrogens (tertiary/aromatic N) is 1. The van der Waals surface area contributed by atoms with Crippen LogP contribution in [0.25, 0.3) is 0 Å². The Hall–Kier alpha value is -1.35. The molecule has 0 spiro atoms. The second-order valence-electron chi connectivity index (χ2n) is 4.70. The van der Waals surface area contributed by atoms with Crippen LogP contribution in [-0.2, 0) is 6.42 Å². The maximum Gasteiger partial charge on any atom is 0.106 e. The topological polar surface area (TPSA) is 24.9 Å². The lowest BCUT2D eigenvalue weighted by Crippen LogP contribution is -2.08. The third-order valence-corrected chi connectivity index (χ3v) is 3.96. The quantitative estimate of drug-likeness (QED) is 0.839. The second-order valence-corrected chi connectivity index (χ2v) is 5.51. The number of hydrogen-bond acceptors (Lipinski definition) is 2. The molecule has 1 aliphatic carbocycles. The molecule has 1 heterocycles. The van der Waals surface area contributed by atoms with Crippen molar-refractivity contribution in [3.05, 3.63) is 57.8 Å². The first kappa shape index (κ1) is 11.7. The molecule has 3 heteroatoms. The molecule has 0 fully saturated rings. The Morgan fingerprint density at radius 2 is 2.06 bits per heavy atom. The molecule has 0 bridgehead atoms. The monoisotopic (exact) mass is 302 g/mol. The van der Waals surface area contributed by atoms with E-state index in [1.165, 1.54) is 11.1 Å². The summed E-state index contributed by atoms with van der Waals surface area (Å²) in [4.78, 5) is 4.43. The summed E-state index contributed by atoms with van der Waals surface area (Å²) in [5.41, 5.74) is 5.06. The molecule has 0 radical (unpaired) electrons. The zero-order valence-electron chi connectivity index (χ0n) is 10.3. The number of hydrogen-bond donors (Lipinski definition) is 1. The van der Waals surface area contributed by atoms with Gasteiger partial charge in [0.2, 0.25) is 0 Å². The normalized spacial score (nSPS) is 17.6. The smallest absolute Gasteiger partial charge is 0.106 e. The molecule has 0 saturated carbocycles. The first-order chi connectivity index (χ1) is 8.74. The predicted molar refractivity (Wildman–Crippen MR) is 77.8 cm³/mol. The third-order valence-electron chi connectivity index (χ3n) is 3.51. The zero-order valence-corrected chi connectivity index (χ0v) is 11.9. The summed E-state index contributed by atoms with van der Waals surface area (Å²) in [6.45, 7) is 2.04.